The predicted octanol–water partition coefficient (Wildman–Crippen LogP) is 6.42. The first kappa shape index (κ1) is 27.0. The van der Waals surface area contributed by atoms with Gasteiger partial charge in [-0.15, -0.1) is 0 Å². The molecule has 200 valence electrons. The maximum atomic E-state index is 13.5. The first-order valence-electron chi connectivity index (χ1n) is 13.1. The van der Waals surface area contributed by atoms with Crippen LogP contribution in [0.4, 0.5) is 13.2 Å². The molecule has 8 heteroatoms. The van der Waals surface area contributed by atoms with E-state index in [1.165, 1.54) is 0 Å². The molecule has 37 heavy (non-hydrogen) atoms. The highest BCUT2D eigenvalue weighted by Gasteiger charge is 2.47. The third kappa shape index (κ3) is 6.11. The Kier molecular flexibility index (Phi) is 8.14. The Bertz CT molecular complexity index is 1110. The molecule has 2 aliphatic rings. The van der Waals surface area contributed by atoms with Crippen LogP contribution < -0.4 is 10.1 Å². The highest BCUT2D eigenvalue weighted by atomic mass is 19.4. The Balaban J connectivity index is 1.62. The maximum Gasteiger partial charge on any atom is 0.391 e. The number of ether oxygens (including phenoxy) is 1. The second kappa shape index (κ2) is 11.2. The van der Waals surface area contributed by atoms with E-state index in [0.29, 0.717) is 18.4 Å². The third-order valence-corrected chi connectivity index (χ3v) is 7.88. The Morgan fingerprint density at radius 1 is 1.05 bits per heavy atom. The smallest absolute Gasteiger partial charge is 0.391 e. The van der Waals surface area contributed by atoms with Crippen LogP contribution in [-0.2, 0) is 16.6 Å². The molecule has 1 aliphatic carbocycles. The van der Waals surface area contributed by atoms with E-state index in [4.69, 9.17) is 9.84 Å². The van der Waals surface area contributed by atoms with Crippen LogP contribution in [0.5, 0.6) is 5.75 Å². The standard InChI is InChI=1S/C29H34F3NO4/c1-2-3-24-10-6-20-18-23(9-11-25(20)37-24)28(15-12-22(13-16-28)29(30,31)32)21-7-4-19(5-8-21)27(36)33-17-14-26(34)35/h4-5,7-9,11,18,22,24H,2-3,6,10,12-17H2,1H3,(H,33,36)(H,34,35). The van der Waals surface area contributed by atoms with Crippen LogP contribution in [0.15, 0.2) is 42.5 Å². The van der Waals surface area contributed by atoms with Crippen molar-refractivity contribution in [2.24, 2.45) is 5.92 Å². The lowest BCUT2D eigenvalue weighted by Gasteiger charge is -2.42. The van der Waals surface area contributed by atoms with E-state index < -0.39 is 23.5 Å². The van der Waals surface area contributed by atoms with Crippen LogP contribution in [0.25, 0.3) is 0 Å². The van der Waals surface area contributed by atoms with E-state index in [2.05, 4.69) is 18.3 Å². The molecule has 5 nitrogen and oxygen atoms in total. The third-order valence-electron chi connectivity index (χ3n) is 7.88. The number of rotatable bonds is 8. The molecular weight excluding hydrogens is 483 g/mol. The average Bonchev–Trinajstić information content (AvgIpc) is 2.88. The number of aryl methyl sites for hydroxylation is 1. The summed E-state index contributed by atoms with van der Waals surface area (Å²) < 4.78 is 46.7. The molecule has 2 N–H and O–H groups in total. The van der Waals surface area contributed by atoms with Crippen molar-refractivity contribution in [3.05, 3.63) is 64.7 Å². The number of amides is 1. The summed E-state index contributed by atoms with van der Waals surface area (Å²) in [7, 11) is 0. The molecule has 0 radical (unpaired) electrons. The fourth-order valence-corrected chi connectivity index (χ4v) is 5.78. The molecule has 1 amide bonds. The van der Waals surface area contributed by atoms with Gasteiger partial charge in [0.05, 0.1) is 18.4 Å². The van der Waals surface area contributed by atoms with Gasteiger partial charge in [-0.25, -0.2) is 0 Å². The number of carboxylic acids is 1. The summed E-state index contributed by atoms with van der Waals surface area (Å²) in [5.74, 6) is -1.82. The van der Waals surface area contributed by atoms with E-state index in [1.54, 1.807) is 12.1 Å². The first-order valence-corrected chi connectivity index (χ1v) is 13.1. The van der Waals surface area contributed by atoms with Gasteiger partial charge in [0.25, 0.3) is 5.91 Å². The maximum absolute atomic E-state index is 13.5. The van der Waals surface area contributed by atoms with Crippen molar-refractivity contribution in [1.29, 1.82) is 0 Å². The highest BCUT2D eigenvalue weighted by Crippen LogP contribution is 2.50. The fraction of sp³-hybridized carbons (Fsp3) is 0.517. The van der Waals surface area contributed by atoms with E-state index in [9.17, 15) is 22.8 Å². The molecule has 1 fully saturated rings. The summed E-state index contributed by atoms with van der Waals surface area (Å²) >= 11 is 0. The average molecular weight is 518 g/mol. The number of hydrogen-bond donors (Lipinski definition) is 2. The van der Waals surface area contributed by atoms with Crippen LogP contribution >= 0.6 is 0 Å². The highest BCUT2D eigenvalue weighted by molar-refractivity contribution is 5.94. The Hall–Kier alpha value is -3.03. The minimum absolute atomic E-state index is 0.0228. The van der Waals surface area contributed by atoms with Crippen LogP contribution in [-0.4, -0.2) is 35.8 Å². The van der Waals surface area contributed by atoms with E-state index >= 15 is 0 Å². The summed E-state index contributed by atoms with van der Waals surface area (Å²) in [6, 6.07) is 13.1. The molecule has 1 unspecified atom stereocenters. The summed E-state index contributed by atoms with van der Waals surface area (Å²) in [6.45, 7) is 2.16. The summed E-state index contributed by atoms with van der Waals surface area (Å²) in [4.78, 5) is 23.1. The predicted molar refractivity (Wildman–Crippen MR) is 134 cm³/mol. The van der Waals surface area contributed by atoms with Gasteiger partial charge in [-0.3, -0.25) is 9.59 Å². The molecule has 2 aromatic rings. The molecule has 0 saturated heterocycles. The number of hydrogen-bond acceptors (Lipinski definition) is 3. The van der Waals surface area contributed by atoms with Crippen LogP contribution in [0.3, 0.4) is 0 Å². The quantitative estimate of drug-likeness (QED) is 0.424. The monoisotopic (exact) mass is 517 g/mol. The second-order valence-electron chi connectivity index (χ2n) is 10.3. The number of carbonyl (C=O) groups is 2. The molecule has 1 aliphatic heterocycles. The molecule has 1 saturated carbocycles. The van der Waals surface area contributed by atoms with Gasteiger partial charge < -0.3 is 15.2 Å². The number of halogens is 3. The summed E-state index contributed by atoms with van der Waals surface area (Å²) in [5.41, 5.74) is 2.76. The molecule has 4 rings (SSSR count). The minimum Gasteiger partial charge on any atom is -0.490 e. The van der Waals surface area contributed by atoms with Crippen molar-refractivity contribution < 1.29 is 32.6 Å². The minimum atomic E-state index is -4.21. The van der Waals surface area contributed by atoms with Gasteiger partial charge in [0, 0.05) is 17.5 Å². The number of aliphatic carboxylic acids is 1. The van der Waals surface area contributed by atoms with E-state index in [0.717, 1.165) is 48.1 Å². The molecule has 2 aromatic carbocycles. The number of nitrogens with one attached hydrogen (secondary N) is 1. The molecule has 1 atom stereocenters. The second-order valence-corrected chi connectivity index (χ2v) is 10.3. The van der Waals surface area contributed by atoms with Gasteiger partial charge in [-0.1, -0.05) is 37.6 Å². The van der Waals surface area contributed by atoms with E-state index in [-0.39, 0.29) is 37.8 Å². The first-order chi connectivity index (χ1) is 17.6. The topological polar surface area (TPSA) is 75.6 Å². The number of carboxylic acid groups (broad SMARTS) is 1. The zero-order chi connectivity index (χ0) is 26.6. The largest absolute Gasteiger partial charge is 0.490 e. The Morgan fingerprint density at radius 3 is 2.35 bits per heavy atom. The fourth-order valence-electron chi connectivity index (χ4n) is 5.78. The van der Waals surface area contributed by atoms with Crippen molar-refractivity contribution in [3.8, 4) is 5.75 Å². The molecule has 1 heterocycles. The Morgan fingerprint density at radius 2 is 1.73 bits per heavy atom. The van der Waals surface area contributed by atoms with Gasteiger partial charge in [0.1, 0.15) is 5.75 Å². The number of benzene rings is 2. The van der Waals surface area contributed by atoms with Crippen molar-refractivity contribution in [1.82, 2.24) is 5.32 Å². The zero-order valence-corrected chi connectivity index (χ0v) is 21.1. The van der Waals surface area contributed by atoms with Crippen molar-refractivity contribution in [2.45, 2.75) is 82.4 Å². The molecule has 0 aromatic heterocycles. The number of alkyl halides is 3. The lowest BCUT2D eigenvalue weighted by Crippen LogP contribution is -2.37. The normalized spacial score (nSPS) is 23.6. The number of fused-ring (bicyclic) bond motifs is 1. The van der Waals surface area contributed by atoms with E-state index in [1.807, 2.05) is 24.3 Å². The van der Waals surface area contributed by atoms with Gasteiger partial charge in [0.15, 0.2) is 0 Å². The molecule has 0 spiro atoms. The van der Waals surface area contributed by atoms with Crippen molar-refractivity contribution in [3.63, 3.8) is 0 Å². The van der Waals surface area contributed by atoms with Crippen LogP contribution in [0.2, 0.25) is 0 Å². The molecule has 0 bridgehead atoms. The van der Waals surface area contributed by atoms with Crippen molar-refractivity contribution >= 4 is 11.9 Å². The summed E-state index contributed by atoms with van der Waals surface area (Å²) in [5, 5.41) is 11.3. The lowest BCUT2D eigenvalue weighted by atomic mass is 9.62. The van der Waals surface area contributed by atoms with Gasteiger partial charge >= 0.3 is 12.1 Å². The summed E-state index contributed by atoms with van der Waals surface area (Å²) in [6.07, 6.45) is 0.503. The van der Waals surface area contributed by atoms with Gasteiger partial charge in [-0.05, 0) is 79.8 Å². The van der Waals surface area contributed by atoms with Crippen LogP contribution in [0.1, 0.15) is 85.3 Å². The van der Waals surface area contributed by atoms with Crippen LogP contribution in [0, 0.1) is 5.92 Å². The van der Waals surface area contributed by atoms with Gasteiger partial charge in [-0.2, -0.15) is 13.2 Å². The van der Waals surface area contributed by atoms with Crippen molar-refractivity contribution in [2.75, 3.05) is 6.54 Å². The SMILES string of the molecule is CCCC1CCc2cc(C3(c4ccc(C(=O)NCCC(=O)O)cc4)CCC(C(F)(F)F)CC3)ccc2O1. The zero-order valence-electron chi connectivity index (χ0n) is 21.1. The number of carbonyl (C=O) groups excluding carboxylic acids is 1. The lowest BCUT2D eigenvalue weighted by molar-refractivity contribution is -0.184. The van der Waals surface area contributed by atoms with Gasteiger partial charge in [0.2, 0.25) is 0 Å². The Labute approximate surface area is 215 Å². The molecular formula is C29H34F3NO4.